The minimum absolute atomic E-state index is 0.354. The van der Waals surface area contributed by atoms with Gasteiger partial charge in [0.2, 0.25) is 0 Å². The van der Waals surface area contributed by atoms with Crippen molar-refractivity contribution in [1.29, 1.82) is 0 Å². The first-order valence-electron chi connectivity index (χ1n) is 7.80. The van der Waals surface area contributed by atoms with E-state index in [1.807, 2.05) is 12.3 Å². The number of aromatic nitrogens is 1. The van der Waals surface area contributed by atoms with Crippen molar-refractivity contribution >= 4 is 5.82 Å². The van der Waals surface area contributed by atoms with E-state index in [0.717, 1.165) is 38.5 Å². The zero-order valence-electron chi connectivity index (χ0n) is 13.3. The minimum atomic E-state index is 0.354. The van der Waals surface area contributed by atoms with Gasteiger partial charge in [0.15, 0.2) is 0 Å². The SMILES string of the molecule is CCNC(C)c1cccnc1N1CCN(C(C)C)CC1. The third-order valence-electron chi connectivity index (χ3n) is 4.14. The summed E-state index contributed by atoms with van der Waals surface area (Å²) >= 11 is 0. The van der Waals surface area contributed by atoms with Crippen LogP contribution in [0.5, 0.6) is 0 Å². The van der Waals surface area contributed by atoms with Crippen LogP contribution in [-0.2, 0) is 0 Å². The largest absolute Gasteiger partial charge is 0.354 e. The molecule has 112 valence electrons. The van der Waals surface area contributed by atoms with Crippen LogP contribution in [0.2, 0.25) is 0 Å². The van der Waals surface area contributed by atoms with Crippen LogP contribution in [-0.4, -0.2) is 48.6 Å². The smallest absolute Gasteiger partial charge is 0.133 e. The molecule has 0 amide bonds. The summed E-state index contributed by atoms with van der Waals surface area (Å²) in [7, 11) is 0. The number of piperazine rings is 1. The van der Waals surface area contributed by atoms with E-state index in [1.54, 1.807) is 0 Å². The highest BCUT2D eigenvalue weighted by Gasteiger charge is 2.22. The van der Waals surface area contributed by atoms with Gasteiger partial charge in [0.1, 0.15) is 5.82 Å². The van der Waals surface area contributed by atoms with E-state index in [0.29, 0.717) is 12.1 Å². The molecule has 1 aromatic heterocycles. The van der Waals surface area contributed by atoms with Crippen molar-refractivity contribution in [3.63, 3.8) is 0 Å². The second-order valence-electron chi connectivity index (χ2n) is 5.81. The molecular weight excluding hydrogens is 248 g/mol. The van der Waals surface area contributed by atoms with Gasteiger partial charge in [0, 0.05) is 50.0 Å². The molecule has 4 heteroatoms. The van der Waals surface area contributed by atoms with Gasteiger partial charge < -0.3 is 10.2 Å². The molecule has 1 aliphatic rings. The first kappa shape index (κ1) is 15.3. The van der Waals surface area contributed by atoms with Crippen LogP contribution in [0, 0.1) is 0 Å². The lowest BCUT2D eigenvalue weighted by Crippen LogP contribution is -2.49. The normalized spacial score (nSPS) is 18.6. The van der Waals surface area contributed by atoms with Crippen LogP contribution >= 0.6 is 0 Å². The molecule has 1 atom stereocenters. The van der Waals surface area contributed by atoms with Crippen molar-refractivity contribution < 1.29 is 0 Å². The van der Waals surface area contributed by atoms with E-state index < -0.39 is 0 Å². The van der Waals surface area contributed by atoms with Gasteiger partial charge in [-0.3, -0.25) is 4.90 Å². The first-order valence-corrected chi connectivity index (χ1v) is 7.80. The summed E-state index contributed by atoms with van der Waals surface area (Å²) in [4.78, 5) is 9.61. The van der Waals surface area contributed by atoms with E-state index in [-0.39, 0.29) is 0 Å². The third-order valence-corrected chi connectivity index (χ3v) is 4.14. The first-order chi connectivity index (χ1) is 9.63. The number of nitrogens with zero attached hydrogens (tertiary/aromatic N) is 3. The molecule has 0 spiro atoms. The summed E-state index contributed by atoms with van der Waals surface area (Å²) in [5.74, 6) is 1.16. The van der Waals surface area contributed by atoms with E-state index >= 15 is 0 Å². The van der Waals surface area contributed by atoms with Gasteiger partial charge in [-0.2, -0.15) is 0 Å². The number of nitrogens with one attached hydrogen (secondary N) is 1. The van der Waals surface area contributed by atoms with Crippen molar-refractivity contribution in [2.24, 2.45) is 0 Å². The molecule has 0 saturated carbocycles. The molecular formula is C16H28N4. The van der Waals surface area contributed by atoms with E-state index in [9.17, 15) is 0 Å². The summed E-state index contributed by atoms with van der Waals surface area (Å²) in [5, 5.41) is 3.49. The molecule has 2 heterocycles. The molecule has 1 N–H and O–H groups in total. The van der Waals surface area contributed by atoms with Crippen molar-refractivity contribution in [1.82, 2.24) is 15.2 Å². The van der Waals surface area contributed by atoms with Crippen LogP contribution in [0.25, 0.3) is 0 Å². The molecule has 1 unspecified atom stereocenters. The topological polar surface area (TPSA) is 31.4 Å². The predicted octanol–water partition coefficient (Wildman–Crippen LogP) is 2.28. The van der Waals surface area contributed by atoms with Crippen molar-refractivity contribution in [3.8, 4) is 0 Å². The van der Waals surface area contributed by atoms with Crippen LogP contribution in [0.15, 0.2) is 18.3 Å². The summed E-state index contributed by atoms with van der Waals surface area (Å²) in [6.45, 7) is 14.3. The van der Waals surface area contributed by atoms with Crippen molar-refractivity contribution in [3.05, 3.63) is 23.9 Å². The Kier molecular flexibility index (Phi) is 5.38. The molecule has 1 saturated heterocycles. The maximum absolute atomic E-state index is 4.64. The zero-order valence-corrected chi connectivity index (χ0v) is 13.3. The quantitative estimate of drug-likeness (QED) is 0.894. The van der Waals surface area contributed by atoms with Gasteiger partial charge >= 0.3 is 0 Å². The van der Waals surface area contributed by atoms with Gasteiger partial charge in [0.25, 0.3) is 0 Å². The summed E-state index contributed by atoms with van der Waals surface area (Å²) < 4.78 is 0. The molecule has 2 rings (SSSR count). The van der Waals surface area contributed by atoms with Gasteiger partial charge in [-0.25, -0.2) is 4.98 Å². The van der Waals surface area contributed by atoms with Crippen LogP contribution < -0.4 is 10.2 Å². The molecule has 0 aliphatic carbocycles. The van der Waals surface area contributed by atoms with Crippen molar-refractivity contribution in [2.75, 3.05) is 37.6 Å². The second kappa shape index (κ2) is 7.04. The lowest BCUT2D eigenvalue weighted by atomic mass is 10.1. The molecule has 0 bridgehead atoms. The Labute approximate surface area is 123 Å². The summed E-state index contributed by atoms with van der Waals surface area (Å²) in [6.07, 6.45) is 1.91. The van der Waals surface area contributed by atoms with E-state index in [2.05, 4.69) is 53.9 Å². The highest BCUT2D eigenvalue weighted by atomic mass is 15.3. The molecule has 1 aliphatic heterocycles. The Morgan fingerprint density at radius 3 is 2.50 bits per heavy atom. The van der Waals surface area contributed by atoms with Gasteiger partial charge in [0.05, 0.1) is 0 Å². The monoisotopic (exact) mass is 276 g/mol. The van der Waals surface area contributed by atoms with Crippen LogP contribution in [0.4, 0.5) is 5.82 Å². The number of hydrogen-bond acceptors (Lipinski definition) is 4. The van der Waals surface area contributed by atoms with Gasteiger partial charge in [-0.1, -0.05) is 13.0 Å². The van der Waals surface area contributed by atoms with Gasteiger partial charge in [-0.15, -0.1) is 0 Å². The summed E-state index contributed by atoms with van der Waals surface area (Å²) in [6, 6.07) is 5.23. The molecule has 4 nitrogen and oxygen atoms in total. The Balaban J connectivity index is 2.10. The fourth-order valence-corrected chi connectivity index (χ4v) is 2.88. The molecule has 1 aromatic rings. The second-order valence-corrected chi connectivity index (χ2v) is 5.81. The predicted molar refractivity (Wildman–Crippen MR) is 85.3 cm³/mol. The number of pyridine rings is 1. The van der Waals surface area contributed by atoms with Crippen LogP contribution in [0.1, 0.15) is 39.3 Å². The average molecular weight is 276 g/mol. The minimum Gasteiger partial charge on any atom is -0.354 e. The summed E-state index contributed by atoms with van der Waals surface area (Å²) in [5.41, 5.74) is 1.31. The Morgan fingerprint density at radius 2 is 1.90 bits per heavy atom. The fraction of sp³-hybridized carbons (Fsp3) is 0.688. The number of anilines is 1. The van der Waals surface area contributed by atoms with Crippen molar-refractivity contribution in [2.45, 2.75) is 39.8 Å². The molecule has 0 aromatic carbocycles. The average Bonchev–Trinajstić information content (AvgIpc) is 2.47. The molecule has 0 radical (unpaired) electrons. The maximum Gasteiger partial charge on any atom is 0.133 e. The third kappa shape index (κ3) is 3.49. The molecule has 1 fully saturated rings. The lowest BCUT2D eigenvalue weighted by Gasteiger charge is -2.38. The zero-order chi connectivity index (χ0) is 14.5. The Hall–Kier alpha value is -1.13. The van der Waals surface area contributed by atoms with Gasteiger partial charge in [-0.05, 0) is 33.4 Å². The number of rotatable bonds is 5. The highest BCUT2D eigenvalue weighted by molar-refractivity contribution is 5.48. The van der Waals surface area contributed by atoms with E-state index in [1.165, 1.54) is 5.56 Å². The van der Waals surface area contributed by atoms with Crippen LogP contribution in [0.3, 0.4) is 0 Å². The van der Waals surface area contributed by atoms with E-state index in [4.69, 9.17) is 0 Å². The fourth-order valence-electron chi connectivity index (χ4n) is 2.88. The number of hydrogen-bond donors (Lipinski definition) is 1. The molecule has 20 heavy (non-hydrogen) atoms. The maximum atomic E-state index is 4.64. The lowest BCUT2D eigenvalue weighted by molar-refractivity contribution is 0.209. The Bertz CT molecular complexity index is 411. The standard InChI is InChI=1S/C16H28N4/c1-5-17-14(4)15-7-6-8-18-16(15)20-11-9-19(10-12-20)13(2)3/h6-8,13-14,17H,5,9-12H2,1-4H3. The Morgan fingerprint density at radius 1 is 1.20 bits per heavy atom. The highest BCUT2D eigenvalue weighted by Crippen LogP contribution is 2.25.